The molecule has 1 unspecified atom stereocenters. The highest BCUT2D eigenvalue weighted by molar-refractivity contribution is 7.17. The van der Waals surface area contributed by atoms with Gasteiger partial charge in [0.25, 0.3) is 0 Å². The molecule has 0 saturated carbocycles. The fourth-order valence-electron chi connectivity index (χ4n) is 1.94. The molecule has 5 nitrogen and oxygen atoms in total. The Morgan fingerprint density at radius 1 is 1.72 bits per heavy atom. The summed E-state index contributed by atoms with van der Waals surface area (Å²) in [6.45, 7) is 6.07. The second-order valence-electron chi connectivity index (χ2n) is 4.14. The third-order valence-corrected chi connectivity index (χ3v) is 4.04. The molecule has 2 rings (SSSR count). The van der Waals surface area contributed by atoms with Crippen molar-refractivity contribution < 1.29 is 14.7 Å². The van der Waals surface area contributed by atoms with Crippen molar-refractivity contribution in [3.8, 4) is 0 Å². The highest BCUT2D eigenvalue weighted by Crippen LogP contribution is 2.31. The lowest BCUT2D eigenvalue weighted by molar-refractivity contribution is -0.117. The summed E-state index contributed by atoms with van der Waals surface area (Å²) in [6.07, 6.45) is 2.72. The van der Waals surface area contributed by atoms with Gasteiger partial charge in [0.2, 0.25) is 5.91 Å². The predicted octanol–water partition coefficient (Wildman–Crippen LogP) is 1.94. The minimum atomic E-state index is -0.984. The van der Waals surface area contributed by atoms with Crippen LogP contribution in [0.15, 0.2) is 12.7 Å². The molecule has 1 saturated heterocycles. The normalized spacial score (nSPS) is 19.3. The van der Waals surface area contributed by atoms with Crippen LogP contribution in [0.4, 0.5) is 5.13 Å². The summed E-state index contributed by atoms with van der Waals surface area (Å²) in [6, 6.07) is 0. The monoisotopic (exact) mass is 266 g/mol. The Kier molecular flexibility index (Phi) is 3.47. The number of carboxylic acid groups (broad SMARTS) is 1. The van der Waals surface area contributed by atoms with Gasteiger partial charge in [-0.1, -0.05) is 24.3 Å². The van der Waals surface area contributed by atoms with E-state index in [1.165, 1.54) is 0 Å². The van der Waals surface area contributed by atoms with Crippen LogP contribution in [0.2, 0.25) is 0 Å². The van der Waals surface area contributed by atoms with E-state index in [0.717, 1.165) is 11.3 Å². The van der Waals surface area contributed by atoms with Crippen LogP contribution in [0.5, 0.6) is 0 Å². The van der Waals surface area contributed by atoms with Crippen LogP contribution in [-0.4, -0.2) is 28.5 Å². The van der Waals surface area contributed by atoms with E-state index in [0.29, 0.717) is 30.2 Å². The summed E-state index contributed by atoms with van der Waals surface area (Å²) in [5, 5.41) is 9.55. The lowest BCUT2D eigenvalue weighted by atomic mass is 10.1. The number of carbonyl (C=O) groups is 2. The van der Waals surface area contributed by atoms with Crippen LogP contribution in [-0.2, 0) is 11.2 Å². The van der Waals surface area contributed by atoms with Crippen molar-refractivity contribution in [1.82, 2.24) is 4.98 Å². The minimum Gasteiger partial charge on any atom is -0.477 e. The first-order valence-electron chi connectivity index (χ1n) is 5.72. The number of carboxylic acids is 1. The number of aromatic carboxylic acids is 1. The highest BCUT2D eigenvalue weighted by atomic mass is 32.1. The zero-order valence-electron chi connectivity index (χ0n) is 10.0. The molecule has 6 heteroatoms. The van der Waals surface area contributed by atoms with Gasteiger partial charge in [0.1, 0.15) is 4.88 Å². The van der Waals surface area contributed by atoms with Crippen molar-refractivity contribution in [2.24, 2.45) is 5.92 Å². The van der Waals surface area contributed by atoms with Crippen molar-refractivity contribution in [3.05, 3.63) is 23.2 Å². The molecule has 1 aromatic rings. The van der Waals surface area contributed by atoms with Gasteiger partial charge in [-0.15, -0.1) is 6.58 Å². The Bertz CT molecular complexity index is 509. The van der Waals surface area contributed by atoms with E-state index in [9.17, 15) is 9.59 Å². The summed E-state index contributed by atoms with van der Waals surface area (Å²) in [7, 11) is 0. The maximum atomic E-state index is 11.8. The van der Waals surface area contributed by atoms with Gasteiger partial charge < -0.3 is 5.11 Å². The number of hydrogen-bond acceptors (Lipinski definition) is 4. The molecular formula is C12H14N2O3S. The number of aromatic nitrogens is 1. The quantitative estimate of drug-likeness (QED) is 0.845. The molecular weight excluding hydrogens is 252 g/mol. The molecule has 1 amide bonds. The summed E-state index contributed by atoms with van der Waals surface area (Å²) < 4.78 is 0. The molecule has 1 aliphatic rings. The number of nitrogens with zero attached hydrogens (tertiary/aromatic N) is 2. The molecule has 0 aliphatic carbocycles. The van der Waals surface area contributed by atoms with Gasteiger partial charge in [-0.3, -0.25) is 9.69 Å². The average molecular weight is 266 g/mol. The maximum absolute atomic E-state index is 11.8. The first kappa shape index (κ1) is 12.8. The van der Waals surface area contributed by atoms with Gasteiger partial charge in [-0.2, -0.15) is 0 Å². The van der Waals surface area contributed by atoms with E-state index < -0.39 is 5.97 Å². The predicted molar refractivity (Wildman–Crippen MR) is 69.1 cm³/mol. The number of amides is 1. The molecule has 0 spiro atoms. The number of anilines is 1. The largest absolute Gasteiger partial charge is 0.477 e. The first-order valence-corrected chi connectivity index (χ1v) is 6.54. The summed E-state index contributed by atoms with van der Waals surface area (Å²) in [5.74, 6) is -0.879. The number of thiazole rings is 1. The third-order valence-electron chi connectivity index (χ3n) is 2.93. The molecule has 2 heterocycles. The summed E-state index contributed by atoms with van der Waals surface area (Å²) in [4.78, 5) is 28.9. The fourth-order valence-corrected chi connectivity index (χ4v) is 2.96. The van der Waals surface area contributed by atoms with E-state index in [2.05, 4.69) is 11.6 Å². The molecule has 0 radical (unpaired) electrons. The second kappa shape index (κ2) is 4.89. The van der Waals surface area contributed by atoms with Crippen molar-refractivity contribution in [2.45, 2.75) is 19.8 Å². The lowest BCUT2D eigenvalue weighted by Crippen LogP contribution is -2.24. The van der Waals surface area contributed by atoms with Crippen molar-refractivity contribution in [2.75, 3.05) is 11.4 Å². The summed E-state index contributed by atoms with van der Waals surface area (Å²) in [5.41, 5.74) is 0.539. The average Bonchev–Trinajstić information content (AvgIpc) is 2.91. The number of carbonyl (C=O) groups excluding carboxylic acids is 1. The minimum absolute atomic E-state index is 0.0201. The highest BCUT2D eigenvalue weighted by Gasteiger charge is 2.31. The van der Waals surface area contributed by atoms with Gasteiger partial charge >= 0.3 is 5.97 Å². The molecule has 1 aliphatic heterocycles. The number of aryl methyl sites for hydroxylation is 1. The van der Waals surface area contributed by atoms with Crippen LogP contribution in [0, 0.1) is 5.92 Å². The van der Waals surface area contributed by atoms with Gasteiger partial charge in [-0.25, -0.2) is 9.78 Å². The molecule has 1 fully saturated rings. The topological polar surface area (TPSA) is 70.5 Å². The van der Waals surface area contributed by atoms with E-state index in [1.807, 2.05) is 6.92 Å². The Hall–Kier alpha value is -1.69. The standard InChI is InChI=1S/C12H14N2O3S/c1-3-7-5-9(15)14(6-7)12-13-8(4-2)10(18-12)11(16)17/h3,7H,1,4-6H2,2H3,(H,16,17). The Labute approximate surface area is 109 Å². The van der Waals surface area contributed by atoms with E-state index in [-0.39, 0.29) is 16.7 Å². The molecule has 1 N–H and O–H groups in total. The zero-order valence-corrected chi connectivity index (χ0v) is 10.9. The van der Waals surface area contributed by atoms with Crippen LogP contribution < -0.4 is 4.90 Å². The van der Waals surface area contributed by atoms with Gasteiger partial charge in [0.15, 0.2) is 5.13 Å². The van der Waals surface area contributed by atoms with Crippen LogP contribution in [0.1, 0.15) is 28.7 Å². The van der Waals surface area contributed by atoms with Gasteiger partial charge in [0, 0.05) is 18.9 Å². The van der Waals surface area contributed by atoms with Crippen LogP contribution >= 0.6 is 11.3 Å². The Morgan fingerprint density at radius 2 is 2.44 bits per heavy atom. The Balaban J connectivity index is 2.32. The SMILES string of the molecule is C=CC1CC(=O)N(c2nc(CC)c(C(=O)O)s2)C1. The molecule has 1 atom stereocenters. The lowest BCUT2D eigenvalue weighted by Gasteiger charge is -2.11. The molecule has 0 bridgehead atoms. The summed E-state index contributed by atoms with van der Waals surface area (Å²) >= 11 is 1.07. The molecule has 0 aromatic carbocycles. The third kappa shape index (κ3) is 2.15. The number of rotatable bonds is 4. The van der Waals surface area contributed by atoms with Gasteiger partial charge in [-0.05, 0) is 6.42 Å². The van der Waals surface area contributed by atoms with Crippen molar-refractivity contribution >= 4 is 28.3 Å². The zero-order chi connectivity index (χ0) is 13.3. The van der Waals surface area contributed by atoms with Crippen molar-refractivity contribution in [3.63, 3.8) is 0 Å². The van der Waals surface area contributed by atoms with Crippen LogP contribution in [0.25, 0.3) is 0 Å². The maximum Gasteiger partial charge on any atom is 0.347 e. The Morgan fingerprint density at radius 3 is 2.89 bits per heavy atom. The fraction of sp³-hybridized carbons (Fsp3) is 0.417. The van der Waals surface area contributed by atoms with Gasteiger partial charge in [0.05, 0.1) is 5.69 Å². The molecule has 18 heavy (non-hydrogen) atoms. The first-order chi connectivity index (χ1) is 8.56. The smallest absolute Gasteiger partial charge is 0.347 e. The van der Waals surface area contributed by atoms with Crippen LogP contribution in [0.3, 0.4) is 0 Å². The van der Waals surface area contributed by atoms with E-state index in [1.54, 1.807) is 11.0 Å². The number of hydrogen-bond donors (Lipinski definition) is 1. The molecule has 96 valence electrons. The molecule has 1 aromatic heterocycles. The van der Waals surface area contributed by atoms with E-state index >= 15 is 0 Å². The van der Waals surface area contributed by atoms with Crippen molar-refractivity contribution in [1.29, 1.82) is 0 Å². The second-order valence-corrected chi connectivity index (χ2v) is 5.11. The van der Waals surface area contributed by atoms with E-state index in [4.69, 9.17) is 5.11 Å².